The van der Waals surface area contributed by atoms with E-state index in [0.717, 1.165) is 11.8 Å². The molecule has 2 aromatic heterocycles. The van der Waals surface area contributed by atoms with Gasteiger partial charge in [-0.25, -0.2) is 8.42 Å². The molecule has 0 saturated heterocycles. The molecule has 3 rings (SSSR count). The van der Waals surface area contributed by atoms with Gasteiger partial charge >= 0.3 is 6.36 Å². The zero-order valence-corrected chi connectivity index (χ0v) is 17.4. The number of sulfone groups is 1. The number of hydrogen-bond donors (Lipinski definition) is 1. The molecule has 30 heavy (non-hydrogen) atoms. The number of rotatable bonds is 6. The number of halogens is 3. The quantitative estimate of drug-likeness (QED) is 0.620. The van der Waals surface area contributed by atoms with Crippen LogP contribution in [0.2, 0.25) is 0 Å². The van der Waals surface area contributed by atoms with Gasteiger partial charge in [0, 0.05) is 11.8 Å². The molecule has 0 aliphatic carbocycles. The Hall–Kier alpha value is -2.89. The van der Waals surface area contributed by atoms with Crippen molar-refractivity contribution in [3.05, 3.63) is 41.6 Å². The van der Waals surface area contributed by atoms with Crippen molar-refractivity contribution in [2.45, 2.75) is 44.2 Å². The first-order valence-electron chi connectivity index (χ1n) is 8.93. The second kappa shape index (κ2) is 7.74. The minimum Gasteiger partial charge on any atom is -0.406 e. The lowest BCUT2D eigenvalue weighted by molar-refractivity contribution is -0.274. The van der Waals surface area contributed by atoms with Crippen molar-refractivity contribution in [1.82, 2.24) is 19.6 Å². The van der Waals surface area contributed by atoms with Gasteiger partial charge in [0.25, 0.3) is 5.16 Å². The summed E-state index contributed by atoms with van der Waals surface area (Å²) < 4.78 is 66.9. The molecule has 2 heterocycles. The lowest BCUT2D eigenvalue weighted by Gasteiger charge is -2.17. The van der Waals surface area contributed by atoms with E-state index in [-0.39, 0.29) is 22.8 Å². The number of alkyl halides is 3. The van der Waals surface area contributed by atoms with E-state index in [4.69, 9.17) is 0 Å². The topological polar surface area (TPSA) is 98.5 Å². The van der Waals surface area contributed by atoms with Gasteiger partial charge in [0.2, 0.25) is 15.8 Å². The average molecular weight is 443 g/mol. The zero-order chi connectivity index (χ0) is 22.3. The predicted octanol–water partition coefficient (Wildman–Crippen LogP) is 3.72. The van der Waals surface area contributed by atoms with Gasteiger partial charge in [0.1, 0.15) is 5.75 Å². The molecule has 162 valence electrons. The van der Waals surface area contributed by atoms with Crippen LogP contribution in [0.15, 0.2) is 35.6 Å². The van der Waals surface area contributed by atoms with Crippen LogP contribution in [0.5, 0.6) is 5.75 Å². The number of ether oxygens (including phenoxy) is 1. The Labute approximate surface area is 171 Å². The van der Waals surface area contributed by atoms with Crippen molar-refractivity contribution in [2.75, 3.05) is 11.6 Å². The first kappa shape index (κ1) is 21.8. The first-order chi connectivity index (χ1) is 13.8. The largest absolute Gasteiger partial charge is 0.573 e. The van der Waals surface area contributed by atoms with Gasteiger partial charge in [-0.3, -0.25) is 0 Å². The molecule has 12 heteroatoms. The summed E-state index contributed by atoms with van der Waals surface area (Å²) in [4.78, 5) is 8.21. The van der Waals surface area contributed by atoms with E-state index in [9.17, 15) is 21.6 Å². The normalized spacial score (nSPS) is 13.6. The van der Waals surface area contributed by atoms with Crippen molar-refractivity contribution in [3.63, 3.8) is 0 Å². The molecule has 0 fully saturated rings. The van der Waals surface area contributed by atoms with Gasteiger partial charge in [-0.05, 0) is 30.5 Å². The maximum atomic E-state index is 12.5. The fraction of sp³-hybridized carbons (Fsp3) is 0.389. The van der Waals surface area contributed by atoms with Gasteiger partial charge in [-0.1, -0.05) is 26.0 Å². The van der Waals surface area contributed by atoms with Crippen molar-refractivity contribution in [3.8, 4) is 5.75 Å². The molecule has 0 amide bonds. The molecule has 0 aliphatic rings. The van der Waals surface area contributed by atoms with Crippen LogP contribution in [0, 0.1) is 0 Å². The van der Waals surface area contributed by atoms with E-state index in [0.29, 0.717) is 11.2 Å². The number of benzene rings is 1. The second-order valence-electron chi connectivity index (χ2n) is 7.08. The lowest BCUT2D eigenvalue weighted by Crippen LogP contribution is -2.18. The monoisotopic (exact) mass is 443 g/mol. The number of hydrogen-bond acceptors (Lipinski definition) is 7. The lowest BCUT2D eigenvalue weighted by atomic mass is 10.1. The molecule has 0 radical (unpaired) electrons. The summed E-state index contributed by atoms with van der Waals surface area (Å²) >= 11 is 0. The van der Waals surface area contributed by atoms with Crippen LogP contribution in [0.1, 0.15) is 43.9 Å². The van der Waals surface area contributed by atoms with E-state index in [1.807, 2.05) is 13.8 Å². The molecule has 0 aliphatic heterocycles. The summed E-state index contributed by atoms with van der Waals surface area (Å²) in [5.74, 6) is -0.229. The maximum absolute atomic E-state index is 12.5. The first-order valence-corrected chi connectivity index (χ1v) is 10.8. The van der Waals surface area contributed by atoms with Gasteiger partial charge in [-0.2, -0.15) is 19.6 Å². The summed E-state index contributed by atoms with van der Waals surface area (Å²) in [7, 11) is -3.71. The SMILES string of the molecule is CC(C)c1cnn2c(N[C@@H](C)c3cccc(OC(F)(F)F)c3)nc(S(C)(=O)=O)nc12. The van der Waals surface area contributed by atoms with E-state index < -0.39 is 22.2 Å². The fourth-order valence-electron chi connectivity index (χ4n) is 2.80. The predicted molar refractivity (Wildman–Crippen MR) is 103 cm³/mol. The third kappa shape index (κ3) is 4.81. The van der Waals surface area contributed by atoms with E-state index in [2.05, 4.69) is 25.1 Å². The van der Waals surface area contributed by atoms with E-state index in [1.54, 1.807) is 19.2 Å². The number of aromatic nitrogens is 4. The standard InChI is InChI=1S/C18H20F3N5O3S/c1-10(2)14-9-22-26-15(14)24-17(30(4,27)28)25-16(26)23-11(3)12-6-5-7-13(8-12)29-18(19,20)21/h5-11H,1-4H3,(H,23,24,25)/t11-/m0/s1. The average Bonchev–Trinajstić information content (AvgIpc) is 3.04. The van der Waals surface area contributed by atoms with Crippen molar-refractivity contribution >= 4 is 21.4 Å². The fourth-order valence-corrected chi connectivity index (χ4v) is 3.30. The molecule has 1 aromatic carbocycles. The molecule has 3 aromatic rings. The molecule has 1 atom stereocenters. The van der Waals surface area contributed by atoms with Crippen LogP contribution in [0.4, 0.5) is 19.1 Å². The van der Waals surface area contributed by atoms with Crippen LogP contribution < -0.4 is 10.1 Å². The third-order valence-corrected chi connectivity index (χ3v) is 5.11. The molecule has 0 unspecified atom stereocenters. The van der Waals surface area contributed by atoms with Crippen LogP contribution in [-0.2, 0) is 9.84 Å². The summed E-state index contributed by atoms with van der Waals surface area (Å²) in [5.41, 5.74) is 1.54. The van der Waals surface area contributed by atoms with Gasteiger partial charge in [0.15, 0.2) is 5.65 Å². The molecule has 0 spiro atoms. The van der Waals surface area contributed by atoms with Gasteiger partial charge in [0.05, 0.1) is 12.2 Å². The minimum absolute atomic E-state index is 0.0336. The molecule has 8 nitrogen and oxygen atoms in total. The number of anilines is 1. The number of nitrogens with zero attached hydrogens (tertiary/aromatic N) is 4. The van der Waals surface area contributed by atoms with Crippen LogP contribution in [0.3, 0.4) is 0 Å². The van der Waals surface area contributed by atoms with E-state index >= 15 is 0 Å². The Morgan fingerprint density at radius 3 is 2.47 bits per heavy atom. The maximum Gasteiger partial charge on any atom is 0.573 e. The van der Waals surface area contributed by atoms with Crippen LogP contribution in [-0.4, -0.2) is 40.6 Å². The van der Waals surface area contributed by atoms with Gasteiger partial charge < -0.3 is 10.1 Å². The Balaban J connectivity index is 2.02. The van der Waals surface area contributed by atoms with Crippen molar-refractivity contribution in [2.24, 2.45) is 0 Å². The molecule has 1 N–H and O–H groups in total. The molecule has 0 saturated carbocycles. The Kier molecular flexibility index (Phi) is 5.63. The Morgan fingerprint density at radius 1 is 1.17 bits per heavy atom. The highest BCUT2D eigenvalue weighted by molar-refractivity contribution is 7.90. The zero-order valence-electron chi connectivity index (χ0n) is 16.6. The number of nitrogens with one attached hydrogen (secondary N) is 1. The smallest absolute Gasteiger partial charge is 0.406 e. The Morgan fingerprint density at radius 2 is 1.87 bits per heavy atom. The van der Waals surface area contributed by atoms with Gasteiger partial charge in [-0.15, -0.1) is 13.2 Å². The molecular formula is C18H20F3N5O3S. The highest BCUT2D eigenvalue weighted by atomic mass is 32.2. The Bertz CT molecular complexity index is 1180. The highest BCUT2D eigenvalue weighted by Crippen LogP contribution is 2.28. The van der Waals surface area contributed by atoms with Crippen LogP contribution >= 0.6 is 0 Å². The minimum atomic E-state index is -4.80. The second-order valence-corrected chi connectivity index (χ2v) is 8.99. The highest BCUT2D eigenvalue weighted by Gasteiger charge is 2.31. The summed E-state index contributed by atoms with van der Waals surface area (Å²) in [6, 6.07) is 4.93. The van der Waals surface area contributed by atoms with Crippen molar-refractivity contribution < 1.29 is 26.3 Å². The molecule has 0 bridgehead atoms. The van der Waals surface area contributed by atoms with Crippen LogP contribution in [0.25, 0.3) is 5.65 Å². The van der Waals surface area contributed by atoms with E-state index in [1.165, 1.54) is 22.7 Å². The molecular weight excluding hydrogens is 423 g/mol. The summed E-state index contributed by atoms with van der Waals surface area (Å²) in [5, 5.41) is 6.87. The summed E-state index contributed by atoms with van der Waals surface area (Å²) in [6.45, 7) is 5.52. The number of fused-ring (bicyclic) bond motifs is 1. The van der Waals surface area contributed by atoms with Crippen molar-refractivity contribution in [1.29, 1.82) is 0 Å². The third-order valence-electron chi connectivity index (χ3n) is 4.27. The summed E-state index contributed by atoms with van der Waals surface area (Å²) in [6.07, 6.45) is -2.23.